The number of hydrogen-bond donors (Lipinski definition) is 2. The van der Waals surface area contributed by atoms with Crippen LogP contribution < -0.4 is 15.4 Å². The highest BCUT2D eigenvalue weighted by atomic mass is 32.1. The van der Waals surface area contributed by atoms with Gasteiger partial charge in [-0.1, -0.05) is 6.92 Å². The molecule has 0 aliphatic heterocycles. The summed E-state index contributed by atoms with van der Waals surface area (Å²) in [6.45, 7) is 2.70. The number of amides is 1. The standard InChI is InChI=1S/C19H20N2O4S/c1-3-12-25-16-10-8-15(9-11-16)20-19(26)21-17(22)13-4-6-14(7-5-13)18(23)24-2/h4-11H,3,12H2,1-2H3,(H2,20,21,22,26). The molecule has 1 amide bonds. The van der Waals surface area contributed by atoms with Gasteiger partial charge in [-0.25, -0.2) is 4.79 Å². The van der Waals surface area contributed by atoms with Crippen molar-refractivity contribution < 1.29 is 19.1 Å². The quantitative estimate of drug-likeness (QED) is 0.598. The minimum Gasteiger partial charge on any atom is -0.494 e. The van der Waals surface area contributed by atoms with Crippen LogP contribution in [0.5, 0.6) is 5.75 Å². The summed E-state index contributed by atoms with van der Waals surface area (Å²) in [5, 5.41) is 5.70. The van der Waals surface area contributed by atoms with E-state index in [0.717, 1.165) is 17.9 Å². The summed E-state index contributed by atoms with van der Waals surface area (Å²) in [5.41, 5.74) is 1.49. The topological polar surface area (TPSA) is 76.7 Å². The van der Waals surface area contributed by atoms with Crippen molar-refractivity contribution >= 4 is 34.9 Å². The van der Waals surface area contributed by atoms with Gasteiger partial charge < -0.3 is 14.8 Å². The Balaban J connectivity index is 1.90. The molecule has 2 N–H and O–H groups in total. The number of nitrogens with one attached hydrogen (secondary N) is 2. The van der Waals surface area contributed by atoms with Crippen molar-refractivity contribution in [1.29, 1.82) is 0 Å². The third-order valence-electron chi connectivity index (χ3n) is 3.38. The molecule has 26 heavy (non-hydrogen) atoms. The molecule has 136 valence electrons. The number of ether oxygens (including phenoxy) is 2. The van der Waals surface area contributed by atoms with E-state index in [-0.39, 0.29) is 11.0 Å². The minimum absolute atomic E-state index is 0.175. The van der Waals surface area contributed by atoms with Gasteiger partial charge in [0.15, 0.2) is 5.11 Å². The first-order chi connectivity index (χ1) is 12.5. The summed E-state index contributed by atoms with van der Waals surface area (Å²) in [7, 11) is 1.30. The number of hydrogen-bond acceptors (Lipinski definition) is 5. The van der Waals surface area contributed by atoms with E-state index in [1.165, 1.54) is 31.4 Å². The molecule has 2 aromatic carbocycles. The zero-order chi connectivity index (χ0) is 18.9. The highest BCUT2D eigenvalue weighted by molar-refractivity contribution is 7.80. The van der Waals surface area contributed by atoms with Crippen LogP contribution in [0, 0.1) is 0 Å². The third-order valence-corrected chi connectivity index (χ3v) is 3.58. The number of carbonyl (C=O) groups excluding carboxylic acids is 2. The zero-order valence-corrected chi connectivity index (χ0v) is 15.4. The van der Waals surface area contributed by atoms with Gasteiger partial charge in [-0.05, 0) is 67.2 Å². The lowest BCUT2D eigenvalue weighted by Gasteiger charge is -2.11. The van der Waals surface area contributed by atoms with Gasteiger partial charge in [-0.2, -0.15) is 0 Å². The van der Waals surface area contributed by atoms with Gasteiger partial charge in [0.05, 0.1) is 19.3 Å². The van der Waals surface area contributed by atoms with Crippen LogP contribution in [0.4, 0.5) is 5.69 Å². The molecule has 0 atom stereocenters. The second-order valence-corrected chi connectivity index (χ2v) is 5.76. The second-order valence-electron chi connectivity index (χ2n) is 5.35. The molecule has 0 aromatic heterocycles. The smallest absolute Gasteiger partial charge is 0.337 e. The van der Waals surface area contributed by atoms with E-state index >= 15 is 0 Å². The molecule has 2 aromatic rings. The fourth-order valence-electron chi connectivity index (χ4n) is 2.07. The molecule has 6 nitrogen and oxygen atoms in total. The fourth-order valence-corrected chi connectivity index (χ4v) is 2.28. The Kier molecular flexibility index (Phi) is 7.11. The number of methoxy groups -OCH3 is 1. The van der Waals surface area contributed by atoms with Gasteiger partial charge in [-0.3, -0.25) is 10.1 Å². The minimum atomic E-state index is -0.458. The Morgan fingerprint density at radius 2 is 1.62 bits per heavy atom. The first-order valence-corrected chi connectivity index (χ1v) is 8.48. The van der Waals surface area contributed by atoms with E-state index in [0.29, 0.717) is 17.7 Å². The Morgan fingerprint density at radius 1 is 1.00 bits per heavy atom. The Morgan fingerprint density at radius 3 is 2.19 bits per heavy atom. The molecular weight excluding hydrogens is 352 g/mol. The molecule has 0 unspecified atom stereocenters. The lowest BCUT2D eigenvalue weighted by molar-refractivity contribution is 0.0600. The van der Waals surface area contributed by atoms with Gasteiger partial charge in [0, 0.05) is 11.3 Å². The van der Waals surface area contributed by atoms with Crippen molar-refractivity contribution in [3.63, 3.8) is 0 Å². The van der Waals surface area contributed by atoms with E-state index in [1.54, 1.807) is 0 Å². The highest BCUT2D eigenvalue weighted by Crippen LogP contribution is 2.16. The van der Waals surface area contributed by atoms with Crippen molar-refractivity contribution in [3.05, 3.63) is 59.7 Å². The van der Waals surface area contributed by atoms with Crippen LogP contribution in [0.2, 0.25) is 0 Å². The molecular formula is C19H20N2O4S. The van der Waals surface area contributed by atoms with Gasteiger partial charge in [-0.15, -0.1) is 0 Å². The molecule has 0 fully saturated rings. The molecule has 0 aliphatic carbocycles. The first-order valence-electron chi connectivity index (χ1n) is 8.07. The van der Waals surface area contributed by atoms with E-state index in [2.05, 4.69) is 15.4 Å². The highest BCUT2D eigenvalue weighted by Gasteiger charge is 2.10. The van der Waals surface area contributed by atoms with Crippen LogP contribution in [0.1, 0.15) is 34.1 Å². The van der Waals surface area contributed by atoms with Crippen molar-refractivity contribution in [2.75, 3.05) is 19.0 Å². The van der Waals surface area contributed by atoms with Crippen LogP contribution in [-0.2, 0) is 4.74 Å². The lowest BCUT2D eigenvalue weighted by Crippen LogP contribution is -2.34. The average Bonchev–Trinajstić information content (AvgIpc) is 2.66. The van der Waals surface area contributed by atoms with Gasteiger partial charge in [0.1, 0.15) is 5.75 Å². The van der Waals surface area contributed by atoms with Gasteiger partial charge in [0.2, 0.25) is 0 Å². The van der Waals surface area contributed by atoms with Crippen molar-refractivity contribution in [1.82, 2.24) is 5.32 Å². The number of rotatable bonds is 6. The number of carbonyl (C=O) groups is 2. The predicted octanol–water partition coefficient (Wildman–Crippen LogP) is 3.39. The maximum Gasteiger partial charge on any atom is 0.337 e. The van der Waals surface area contributed by atoms with E-state index in [1.807, 2.05) is 31.2 Å². The number of esters is 1. The lowest BCUT2D eigenvalue weighted by atomic mass is 10.1. The van der Waals surface area contributed by atoms with E-state index < -0.39 is 5.97 Å². The van der Waals surface area contributed by atoms with E-state index in [4.69, 9.17) is 17.0 Å². The molecule has 2 rings (SSSR count). The van der Waals surface area contributed by atoms with Crippen LogP contribution in [-0.4, -0.2) is 30.7 Å². The number of benzene rings is 2. The zero-order valence-electron chi connectivity index (χ0n) is 14.6. The van der Waals surface area contributed by atoms with E-state index in [9.17, 15) is 9.59 Å². The SMILES string of the molecule is CCCOc1ccc(NC(=S)NC(=O)c2ccc(C(=O)OC)cc2)cc1. The normalized spacial score (nSPS) is 9.92. The Bertz CT molecular complexity index is 773. The maximum atomic E-state index is 12.2. The van der Waals surface area contributed by atoms with Crippen molar-refractivity contribution in [3.8, 4) is 5.75 Å². The first kappa shape index (κ1) is 19.4. The average molecular weight is 372 g/mol. The predicted molar refractivity (Wildman–Crippen MR) is 104 cm³/mol. The maximum absolute atomic E-state index is 12.2. The fraction of sp³-hybridized carbons (Fsp3) is 0.211. The summed E-state index contributed by atoms with van der Waals surface area (Å²) < 4.78 is 10.1. The molecule has 0 saturated heterocycles. The number of thiocarbonyl (C=S) groups is 1. The third kappa shape index (κ3) is 5.56. The summed E-state index contributed by atoms with van der Waals surface area (Å²) >= 11 is 5.15. The number of anilines is 1. The van der Waals surface area contributed by atoms with Crippen LogP contribution in [0.25, 0.3) is 0 Å². The second kappa shape index (κ2) is 9.53. The van der Waals surface area contributed by atoms with Gasteiger partial charge >= 0.3 is 5.97 Å². The summed E-state index contributed by atoms with van der Waals surface area (Å²) in [6, 6.07) is 13.4. The summed E-state index contributed by atoms with van der Waals surface area (Å²) in [5.74, 6) is -0.0552. The van der Waals surface area contributed by atoms with Crippen LogP contribution >= 0.6 is 12.2 Å². The summed E-state index contributed by atoms with van der Waals surface area (Å²) in [4.78, 5) is 23.6. The molecule has 0 spiro atoms. The Hall–Kier alpha value is -2.93. The monoisotopic (exact) mass is 372 g/mol. The molecule has 7 heteroatoms. The molecule has 0 saturated carbocycles. The molecule has 0 radical (unpaired) electrons. The van der Waals surface area contributed by atoms with Crippen LogP contribution in [0.15, 0.2) is 48.5 Å². The van der Waals surface area contributed by atoms with Crippen molar-refractivity contribution in [2.45, 2.75) is 13.3 Å². The van der Waals surface area contributed by atoms with Crippen molar-refractivity contribution in [2.24, 2.45) is 0 Å². The largest absolute Gasteiger partial charge is 0.494 e. The summed E-state index contributed by atoms with van der Waals surface area (Å²) in [6.07, 6.45) is 0.941. The molecule has 0 heterocycles. The van der Waals surface area contributed by atoms with Gasteiger partial charge in [0.25, 0.3) is 5.91 Å². The Labute approximate surface area is 157 Å². The van der Waals surface area contributed by atoms with Crippen LogP contribution in [0.3, 0.4) is 0 Å². The molecule has 0 bridgehead atoms. The molecule has 0 aliphatic rings.